The molecule has 1 aromatic carbocycles. The Morgan fingerprint density at radius 3 is 3.00 bits per heavy atom. The first-order valence-electron chi connectivity index (χ1n) is 8.09. The Morgan fingerprint density at radius 2 is 2.21 bits per heavy atom. The van der Waals surface area contributed by atoms with Crippen LogP contribution in [0.5, 0.6) is 11.5 Å². The molecular weight excluding hydrogens is 382 g/mol. The smallest absolute Gasteiger partial charge is 0.331 e. The van der Waals surface area contributed by atoms with Crippen LogP contribution in [0.25, 0.3) is 16.3 Å². The predicted octanol–water partition coefficient (Wildman–Crippen LogP) is 2.65. The summed E-state index contributed by atoms with van der Waals surface area (Å²) in [5.41, 5.74) is 0.998. The largest absolute Gasteiger partial charge is 0.493 e. The van der Waals surface area contributed by atoms with Crippen molar-refractivity contribution in [2.75, 3.05) is 13.7 Å². The summed E-state index contributed by atoms with van der Waals surface area (Å²) in [6, 6.07) is 8.64. The van der Waals surface area contributed by atoms with Crippen LogP contribution in [0.2, 0.25) is 0 Å². The van der Waals surface area contributed by atoms with Gasteiger partial charge >= 0.3 is 5.97 Å². The second-order valence-corrected chi connectivity index (χ2v) is 6.36. The summed E-state index contributed by atoms with van der Waals surface area (Å²) in [6.07, 6.45) is 2.81. The number of esters is 1. The maximum atomic E-state index is 11.9. The number of rotatable bonds is 7. The van der Waals surface area contributed by atoms with Crippen LogP contribution in [-0.2, 0) is 16.1 Å². The number of nitrogens with zero attached hydrogens (tertiary/aromatic N) is 2. The summed E-state index contributed by atoms with van der Waals surface area (Å²) in [4.78, 5) is 30.7. The van der Waals surface area contributed by atoms with Crippen LogP contribution in [0, 0.1) is 11.3 Å². The zero-order valence-corrected chi connectivity index (χ0v) is 15.6. The molecule has 0 saturated heterocycles. The van der Waals surface area contributed by atoms with E-state index in [0.717, 1.165) is 0 Å². The van der Waals surface area contributed by atoms with Crippen LogP contribution in [0.1, 0.15) is 11.4 Å². The Labute approximate surface area is 163 Å². The van der Waals surface area contributed by atoms with E-state index in [1.807, 2.05) is 6.07 Å². The van der Waals surface area contributed by atoms with Crippen molar-refractivity contribution in [1.29, 1.82) is 5.26 Å². The monoisotopic (exact) mass is 397 g/mol. The number of aromatic amines is 1. The number of fused-ring (bicyclic) bond motifs is 1. The van der Waals surface area contributed by atoms with Crippen LogP contribution in [-0.4, -0.2) is 29.7 Å². The van der Waals surface area contributed by atoms with Crippen LogP contribution in [0.3, 0.4) is 0 Å². The maximum absolute atomic E-state index is 11.9. The molecule has 142 valence electrons. The van der Waals surface area contributed by atoms with E-state index in [1.165, 1.54) is 24.5 Å². The van der Waals surface area contributed by atoms with Gasteiger partial charge in [-0.15, -0.1) is 11.3 Å². The molecule has 28 heavy (non-hydrogen) atoms. The lowest BCUT2D eigenvalue weighted by Crippen LogP contribution is -2.12. The van der Waals surface area contributed by atoms with Gasteiger partial charge in [-0.2, -0.15) is 5.26 Å². The van der Waals surface area contributed by atoms with Gasteiger partial charge in [0.1, 0.15) is 23.2 Å². The predicted molar refractivity (Wildman–Crippen MR) is 103 cm³/mol. The zero-order valence-electron chi connectivity index (χ0n) is 14.8. The number of benzene rings is 1. The minimum Gasteiger partial charge on any atom is -0.493 e. The topological polar surface area (TPSA) is 114 Å². The lowest BCUT2D eigenvalue weighted by atomic mass is 10.2. The van der Waals surface area contributed by atoms with Gasteiger partial charge in [0.15, 0.2) is 18.1 Å². The van der Waals surface area contributed by atoms with E-state index >= 15 is 0 Å². The number of hydrogen-bond donors (Lipinski definition) is 1. The Kier molecular flexibility index (Phi) is 6.04. The molecule has 8 nitrogen and oxygen atoms in total. The summed E-state index contributed by atoms with van der Waals surface area (Å²) in [7, 11) is 1.48. The highest BCUT2D eigenvalue weighted by Crippen LogP contribution is 2.28. The van der Waals surface area contributed by atoms with Gasteiger partial charge in [-0.3, -0.25) is 4.79 Å². The Morgan fingerprint density at radius 1 is 1.36 bits per heavy atom. The maximum Gasteiger partial charge on any atom is 0.331 e. The molecule has 0 bridgehead atoms. The van der Waals surface area contributed by atoms with E-state index in [9.17, 15) is 9.59 Å². The molecule has 9 heteroatoms. The van der Waals surface area contributed by atoms with Crippen LogP contribution < -0.4 is 15.0 Å². The van der Waals surface area contributed by atoms with Gasteiger partial charge in [0.25, 0.3) is 5.56 Å². The molecule has 0 spiro atoms. The number of H-pyrrole nitrogens is 1. The molecule has 3 rings (SSSR count). The van der Waals surface area contributed by atoms with E-state index in [4.69, 9.17) is 19.5 Å². The van der Waals surface area contributed by atoms with Gasteiger partial charge in [0, 0.05) is 6.08 Å². The third-order valence-electron chi connectivity index (χ3n) is 3.61. The Balaban J connectivity index is 1.63. The van der Waals surface area contributed by atoms with Crippen molar-refractivity contribution in [3.05, 3.63) is 57.5 Å². The van der Waals surface area contributed by atoms with Gasteiger partial charge in [-0.25, -0.2) is 9.78 Å². The number of hydrogen-bond acceptors (Lipinski definition) is 8. The number of carbonyl (C=O) groups is 1. The third kappa shape index (κ3) is 4.55. The average molecular weight is 397 g/mol. The molecule has 0 fully saturated rings. The summed E-state index contributed by atoms with van der Waals surface area (Å²) in [5.74, 6) is 0.564. The summed E-state index contributed by atoms with van der Waals surface area (Å²) in [6.45, 7) is -0.236. The number of aromatic nitrogens is 2. The highest BCUT2D eigenvalue weighted by Gasteiger charge is 2.08. The molecule has 0 aliphatic rings. The third-order valence-corrected chi connectivity index (χ3v) is 4.51. The SMILES string of the molecule is COc1cc(/C=C/C(=O)OCc2nc3ccsc3c(=O)[nH]2)ccc1OCC#N. The molecule has 2 heterocycles. The van der Waals surface area contributed by atoms with E-state index in [2.05, 4.69) is 9.97 Å². The first-order valence-corrected chi connectivity index (χ1v) is 8.97. The number of carbonyl (C=O) groups excluding carboxylic acids is 1. The minimum absolute atomic E-state index is 0.0921. The molecular formula is C19H15N3O5S. The number of thiophene rings is 1. The molecule has 0 amide bonds. The average Bonchev–Trinajstić information content (AvgIpc) is 3.18. The van der Waals surface area contributed by atoms with Crippen molar-refractivity contribution in [3.63, 3.8) is 0 Å². The number of ether oxygens (including phenoxy) is 3. The van der Waals surface area contributed by atoms with Crippen molar-refractivity contribution < 1.29 is 19.0 Å². The molecule has 0 atom stereocenters. The Bertz CT molecular complexity index is 1130. The lowest BCUT2D eigenvalue weighted by Gasteiger charge is -2.08. The molecule has 3 aromatic rings. The first kappa shape index (κ1) is 19.1. The van der Waals surface area contributed by atoms with Gasteiger partial charge in [-0.05, 0) is 35.2 Å². The molecule has 1 N–H and O–H groups in total. The quantitative estimate of drug-likeness (QED) is 0.481. The Hall–Kier alpha value is -3.64. The van der Waals surface area contributed by atoms with Gasteiger partial charge < -0.3 is 19.2 Å². The fourth-order valence-corrected chi connectivity index (χ4v) is 3.08. The fourth-order valence-electron chi connectivity index (χ4n) is 2.36. The molecule has 0 saturated carbocycles. The second kappa shape index (κ2) is 8.83. The van der Waals surface area contributed by atoms with Crippen molar-refractivity contribution in [2.24, 2.45) is 0 Å². The van der Waals surface area contributed by atoms with Crippen molar-refractivity contribution in [3.8, 4) is 17.6 Å². The van der Waals surface area contributed by atoms with Gasteiger partial charge in [0.2, 0.25) is 0 Å². The summed E-state index contributed by atoms with van der Waals surface area (Å²) >= 11 is 1.30. The number of nitrogens with one attached hydrogen (secondary N) is 1. The zero-order chi connectivity index (χ0) is 19.9. The van der Waals surface area contributed by atoms with Crippen LogP contribution in [0.15, 0.2) is 40.5 Å². The summed E-state index contributed by atoms with van der Waals surface area (Å²) in [5, 5.41) is 10.4. The number of nitriles is 1. The van der Waals surface area contributed by atoms with E-state index in [1.54, 1.807) is 35.7 Å². The lowest BCUT2D eigenvalue weighted by molar-refractivity contribution is -0.139. The molecule has 2 aromatic heterocycles. The number of methoxy groups -OCH3 is 1. The molecule has 0 unspecified atom stereocenters. The molecule has 0 radical (unpaired) electrons. The minimum atomic E-state index is -0.586. The van der Waals surface area contributed by atoms with Crippen molar-refractivity contribution >= 4 is 33.6 Å². The van der Waals surface area contributed by atoms with E-state index in [-0.39, 0.29) is 24.6 Å². The summed E-state index contributed by atoms with van der Waals surface area (Å²) < 4.78 is 16.1. The van der Waals surface area contributed by atoms with Gasteiger partial charge in [0.05, 0.1) is 12.6 Å². The van der Waals surface area contributed by atoms with E-state index < -0.39 is 5.97 Å². The molecule has 0 aliphatic heterocycles. The normalized spacial score (nSPS) is 10.7. The highest BCUT2D eigenvalue weighted by atomic mass is 32.1. The van der Waals surface area contributed by atoms with Gasteiger partial charge in [-0.1, -0.05) is 6.07 Å². The van der Waals surface area contributed by atoms with E-state index in [0.29, 0.717) is 27.3 Å². The van der Waals surface area contributed by atoms with Crippen molar-refractivity contribution in [2.45, 2.75) is 6.61 Å². The highest BCUT2D eigenvalue weighted by molar-refractivity contribution is 7.17. The standard InChI is InChI=1S/C19H15N3O5S/c1-25-15-10-12(2-4-14(15)26-8-7-20)3-5-17(23)27-11-16-21-13-6-9-28-18(13)19(24)22-16/h2-6,9-10H,8,11H2,1H3,(H,21,22,24)/b5-3+. The van der Waals surface area contributed by atoms with Crippen molar-refractivity contribution in [1.82, 2.24) is 9.97 Å². The van der Waals surface area contributed by atoms with Crippen LogP contribution >= 0.6 is 11.3 Å². The fraction of sp³-hybridized carbons (Fsp3) is 0.158. The molecule has 0 aliphatic carbocycles. The van der Waals surface area contributed by atoms with Crippen LogP contribution in [0.4, 0.5) is 0 Å². The first-order chi connectivity index (χ1) is 13.6. The second-order valence-electron chi connectivity index (χ2n) is 5.45.